The number of nitriles is 1. The zero-order chi connectivity index (χ0) is 30.1. The molecule has 3 aromatic rings. The SMILES string of the molecule is CC(Oc1cc(N2CCNC3(CC3)C2)nc(-c2noc3c2CCCC32CCCc3ccc(N)c(C#N)c32)n1)C1CCCN1C. The van der Waals surface area contributed by atoms with Gasteiger partial charge in [-0.2, -0.15) is 10.2 Å². The molecule has 3 atom stereocenters. The van der Waals surface area contributed by atoms with Crippen LogP contribution in [-0.2, 0) is 18.3 Å². The number of hydrogen-bond acceptors (Lipinski definition) is 10. The average Bonchev–Trinajstić information content (AvgIpc) is 3.40. The Morgan fingerprint density at radius 3 is 2.75 bits per heavy atom. The van der Waals surface area contributed by atoms with E-state index in [-0.39, 0.29) is 11.6 Å². The number of anilines is 2. The first-order valence-corrected chi connectivity index (χ1v) is 16.5. The Labute approximate surface area is 259 Å². The molecule has 230 valence electrons. The summed E-state index contributed by atoms with van der Waals surface area (Å²) in [5, 5.41) is 18.6. The molecule has 3 aliphatic carbocycles. The van der Waals surface area contributed by atoms with Gasteiger partial charge in [-0.3, -0.25) is 4.90 Å². The van der Waals surface area contributed by atoms with E-state index >= 15 is 0 Å². The van der Waals surface area contributed by atoms with Crippen LogP contribution >= 0.6 is 0 Å². The molecule has 5 aliphatic rings. The lowest BCUT2D eigenvalue weighted by molar-refractivity contribution is 0.117. The van der Waals surface area contributed by atoms with Gasteiger partial charge >= 0.3 is 0 Å². The van der Waals surface area contributed by atoms with Crippen molar-refractivity contribution >= 4 is 11.5 Å². The molecule has 3 unspecified atom stereocenters. The largest absolute Gasteiger partial charge is 0.473 e. The van der Waals surface area contributed by atoms with Gasteiger partial charge in [-0.05, 0) is 102 Å². The van der Waals surface area contributed by atoms with Crippen molar-refractivity contribution in [2.75, 3.05) is 43.9 Å². The molecule has 3 fully saturated rings. The monoisotopic (exact) mass is 594 g/mol. The molecule has 1 aromatic carbocycles. The van der Waals surface area contributed by atoms with Crippen LogP contribution in [0, 0.1) is 11.3 Å². The molecule has 2 saturated heterocycles. The highest BCUT2D eigenvalue weighted by molar-refractivity contribution is 5.67. The minimum Gasteiger partial charge on any atom is -0.473 e. The van der Waals surface area contributed by atoms with Crippen LogP contribution in [0.4, 0.5) is 11.5 Å². The molecule has 10 nitrogen and oxygen atoms in total. The highest BCUT2D eigenvalue weighted by atomic mass is 16.5. The minimum absolute atomic E-state index is 0.000934. The normalized spacial score (nSPS) is 26.3. The van der Waals surface area contributed by atoms with E-state index in [1.165, 1.54) is 24.8 Å². The molecule has 3 N–H and O–H groups in total. The molecule has 0 bridgehead atoms. The van der Waals surface area contributed by atoms with Crippen molar-refractivity contribution in [2.45, 2.75) is 94.2 Å². The Balaban J connectivity index is 1.22. The van der Waals surface area contributed by atoms with Crippen LogP contribution in [0.25, 0.3) is 11.5 Å². The quantitative estimate of drug-likeness (QED) is 0.411. The fourth-order valence-electron chi connectivity index (χ4n) is 8.67. The van der Waals surface area contributed by atoms with Gasteiger partial charge in [-0.25, -0.2) is 4.98 Å². The Morgan fingerprint density at radius 1 is 1.14 bits per heavy atom. The van der Waals surface area contributed by atoms with Gasteiger partial charge in [0.05, 0.1) is 11.0 Å². The van der Waals surface area contributed by atoms with Gasteiger partial charge in [0, 0.05) is 48.5 Å². The van der Waals surface area contributed by atoms with Crippen molar-refractivity contribution in [3.8, 4) is 23.5 Å². The fourth-order valence-corrected chi connectivity index (χ4v) is 8.67. The van der Waals surface area contributed by atoms with Crippen molar-refractivity contribution in [3.05, 3.63) is 46.2 Å². The van der Waals surface area contributed by atoms with Crippen molar-refractivity contribution < 1.29 is 9.26 Å². The van der Waals surface area contributed by atoms with Crippen LogP contribution in [-0.4, -0.2) is 70.9 Å². The molecule has 4 heterocycles. The van der Waals surface area contributed by atoms with Crippen molar-refractivity contribution in [3.63, 3.8) is 0 Å². The zero-order valence-corrected chi connectivity index (χ0v) is 25.9. The molecular formula is C34H42N8O2. The summed E-state index contributed by atoms with van der Waals surface area (Å²) in [6, 6.07) is 8.78. The number of ether oxygens (including phenoxy) is 1. The van der Waals surface area contributed by atoms with E-state index in [0.717, 1.165) is 93.8 Å². The number of nitrogens with zero attached hydrogens (tertiary/aromatic N) is 6. The first kappa shape index (κ1) is 27.8. The van der Waals surface area contributed by atoms with Crippen molar-refractivity contribution in [2.24, 2.45) is 0 Å². The standard InChI is InChI=1S/C34H42N8O2/c1-21(26-8-5-16-41(26)2)43-28-18-27(42-17-15-37-33(20-42)13-14-33)38-32(39-28)30-23-7-4-12-34(31(23)44-40-30)11-3-6-22-9-10-25(36)24(19-35)29(22)34/h9-10,18,21,26,37H,3-8,11-17,20,36H2,1-2H3. The van der Waals surface area contributed by atoms with Crippen molar-refractivity contribution in [1.82, 2.24) is 25.3 Å². The number of aryl methyl sites for hydroxylation is 1. The summed E-state index contributed by atoms with van der Waals surface area (Å²) in [7, 11) is 2.18. The highest BCUT2D eigenvalue weighted by Crippen LogP contribution is 2.53. The maximum Gasteiger partial charge on any atom is 0.219 e. The van der Waals surface area contributed by atoms with Gasteiger partial charge in [0.25, 0.3) is 0 Å². The fraction of sp³-hybridized carbons (Fsp3) is 0.588. The molecule has 44 heavy (non-hydrogen) atoms. The molecule has 8 rings (SSSR count). The van der Waals surface area contributed by atoms with Crippen molar-refractivity contribution in [1.29, 1.82) is 5.26 Å². The van der Waals surface area contributed by atoms with Gasteiger partial charge in [-0.15, -0.1) is 0 Å². The molecule has 2 aliphatic heterocycles. The maximum absolute atomic E-state index is 10.2. The number of nitrogens with one attached hydrogen (secondary N) is 1. The molecule has 2 spiro atoms. The summed E-state index contributed by atoms with van der Waals surface area (Å²) in [4.78, 5) is 14.9. The van der Waals surface area contributed by atoms with Crippen LogP contribution in [0.5, 0.6) is 5.88 Å². The molecule has 0 radical (unpaired) electrons. The second kappa shape index (κ2) is 10.5. The van der Waals surface area contributed by atoms with E-state index in [4.69, 9.17) is 30.1 Å². The Hall–Kier alpha value is -3.68. The number of rotatable bonds is 5. The molecule has 2 aromatic heterocycles. The second-order valence-electron chi connectivity index (χ2n) is 13.8. The first-order chi connectivity index (χ1) is 21.4. The third-order valence-corrected chi connectivity index (χ3v) is 11.1. The van der Waals surface area contributed by atoms with Crippen LogP contribution in [0.2, 0.25) is 0 Å². The number of likely N-dealkylation sites (tertiary alicyclic amines) is 1. The van der Waals surface area contributed by atoms with E-state index in [1.807, 2.05) is 12.1 Å². The lowest BCUT2D eigenvalue weighted by atomic mass is 9.61. The Kier molecular flexibility index (Phi) is 6.61. The van der Waals surface area contributed by atoms with Crippen LogP contribution < -0.4 is 20.7 Å². The predicted molar refractivity (Wildman–Crippen MR) is 168 cm³/mol. The molecular weight excluding hydrogens is 552 g/mol. The van der Waals surface area contributed by atoms with E-state index in [2.05, 4.69) is 41.2 Å². The smallest absolute Gasteiger partial charge is 0.219 e. The number of nitrogens with two attached hydrogens (primary N) is 1. The zero-order valence-electron chi connectivity index (χ0n) is 25.9. The van der Waals surface area contributed by atoms with Crippen LogP contribution in [0.15, 0.2) is 22.7 Å². The van der Waals surface area contributed by atoms with E-state index in [0.29, 0.717) is 34.7 Å². The van der Waals surface area contributed by atoms with Crippen LogP contribution in [0.3, 0.4) is 0 Å². The molecule has 1 saturated carbocycles. The number of hydrogen-bond donors (Lipinski definition) is 2. The number of aromatic nitrogens is 3. The molecule has 10 heteroatoms. The summed E-state index contributed by atoms with van der Waals surface area (Å²) in [6.07, 6.45) is 10.3. The summed E-state index contributed by atoms with van der Waals surface area (Å²) in [5.41, 5.74) is 11.3. The lowest BCUT2D eigenvalue weighted by Gasteiger charge is -2.41. The average molecular weight is 595 g/mol. The van der Waals surface area contributed by atoms with E-state index in [1.54, 1.807) is 0 Å². The second-order valence-corrected chi connectivity index (χ2v) is 13.8. The third kappa shape index (κ3) is 4.47. The lowest BCUT2D eigenvalue weighted by Crippen LogP contribution is -2.52. The van der Waals surface area contributed by atoms with Gasteiger partial charge < -0.3 is 25.2 Å². The predicted octanol–water partition coefficient (Wildman–Crippen LogP) is 4.35. The minimum atomic E-state index is -0.414. The van der Waals surface area contributed by atoms with E-state index < -0.39 is 5.41 Å². The summed E-state index contributed by atoms with van der Waals surface area (Å²) in [5.74, 6) is 2.89. The number of fused-ring (bicyclic) bond motifs is 4. The maximum atomic E-state index is 10.2. The van der Waals surface area contributed by atoms with Gasteiger partial charge in [0.2, 0.25) is 5.88 Å². The third-order valence-electron chi connectivity index (χ3n) is 11.1. The number of likely N-dealkylation sites (N-methyl/N-ethyl adjacent to an activating group) is 1. The van der Waals surface area contributed by atoms with E-state index in [9.17, 15) is 5.26 Å². The molecule has 0 amide bonds. The van der Waals surface area contributed by atoms with Crippen LogP contribution in [0.1, 0.15) is 86.3 Å². The topological polar surface area (TPSA) is 129 Å². The van der Waals surface area contributed by atoms with Gasteiger partial charge in [0.15, 0.2) is 17.3 Å². The summed E-state index contributed by atoms with van der Waals surface area (Å²) >= 11 is 0. The number of piperazine rings is 1. The Morgan fingerprint density at radius 2 is 1.98 bits per heavy atom. The Bertz CT molecular complexity index is 1640. The van der Waals surface area contributed by atoms with Gasteiger partial charge in [0.1, 0.15) is 18.0 Å². The highest BCUT2D eigenvalue weighted by Gasteiger charge is 2.48. The number of benzene rings is 1. The number of nitrogen functional groups attached to an aromatic ring is 1. The van der Waals surface area contributed by atoms with Gasteiger partial charge in [-0.1, -0.05) is 11.2 Å². The summed E-state index contributed by atoms with van der Waals surface area (Å²) in [6.45, 7) is 5.99. The first-order valence-electron chi connectivity index (χ1n) is 16.5. The summed E-state index contributed by atoms with van der Waals surface area (Å²) < 4.78 is 12.9.